The van der Waals surface area contributed by atoms with Crippen LogP contribution in [0.25, 0.3) is 11.0 Å². The molecular weight excluding hydrogens is 472 g/mol. The van der Waals surface area contributed by atoms with Crippen LogP contribution >= 0.6 is 11.8 Å². The lowest BCUT2D eigenvalue weighted by atomic mass is 10.0. The summed E-state index contributed by atoms with van der Waals surface area (Å²) in [6.07, 6.45) is 1.95. The highest BCUT2D eigenvalue weighted by Gasteiger charge is 2.27. The van der Waals surface area contributed by atoms with Gasteiger partial charge in [-0.3, -0.25) is 4.79 Å². The number of imidazole rings is 1. The molecule has 0 N–H and O–H groups in total. The summed E-state index contributed by atoms with van der Waals surface area (Å²) in [7, 11) is -3.60. The molecule has 0 spiro atoms. The van der Waals surface area contributed by atoms with Gasteiger partial charge in [0.2, 0.25) is 15.9 Å². The van der Waals surface area contributed by atoms with Gasteiger partial charge >= 0.3 is 0 Å². The van der Waals surface area contributed by atoms with Crippen molar-refractivity contribution in [2.45, 2.75) is 36.4 Å². The Kier molecular flexibility index (Phi) is 6.65. The van der Waals surface area contributed by atoms with Gasteiger partial charge in [-0.1, -0.05) is 30.0 Å². The number of anilines is 1. The average molecular weight is 501 g/mol. The number of ether oxygens (including phenoxy) is 1. The molecule has 2 aliphatic rings. The van der Waals surface area contributed by atoms with E-state index in [0.717, 1.165) is 35.7 Å². The van der Waals surface area contributed by atoms with Crippen LogP contribution in [0.5, 0.6) is 0 Å². The van der Waals surface area contributed by atoms with Gasteiger partial charge in [-0.25, -0.2) is 13.4 Å². The average Bonchev–Trinajstić information content (AvgIpc) is 3.24. The Morgan fingerprint density at radius 2 is 1.91 bits per heavy atom. The molecule has 1 amide bonds. The molecule has 3 heterocycles. The van der Waals surface area contributed by atoms with E-state index in [9.17, 15) is 13.2 Å². The highest BCUT2D eigenvalue weighted by Crippen LogP contribution is 2.30. The fraction of sp³-hybridized carbons (Fsp3) is 0.417. The summed E-state index contributed by atoms with van der Waals surface area (Å²) in [5.74, 6) is 0.332. The molecule has 0 atom stereocenters. The Labute approximate surface area is 203 Å². The van der Waals surface area contributed by atoms with Crippen LogP contribution in [0, 0.1) is 0 Å². The van der Waals surface area contributed by atoms with Crippen molar-refractivity contribution in [2.24, 2.45) is 0 Å². The molecule has 180 valence electrons. The first-order valence-corrected chi connectivity index (χ1v) is 14.0. The number of benzene rings is 2. The third kappa shape index (κ3) is 4.35. The Morgan fingerprint density at radius 3 is 2.71 bits per heavy atom. The zero-order valence-corrected chi connectivity index (χ0v) is 20.8. The summed E-state index contributed by atoms with van der Waals surface area (Å²) in [6.45, 7) is 4.94. The van der Waals surface area contributed by atoms with Crippen LogP contribution in [0.15, 0.2) is 52.5 Å². The molecule has 0 aliphatic carbocycles. The first kappa shape index (κ1) is 23.3. The third-order valence-corrected chi connectivity index (χ3v) is 9.20. The van der Waals surface area contributed by atoms with Crippen molar-refractivity contribution in [1.29, 1.82) is 0 Å². The summed E-state index contributed by atoms with van der Waals surface area (Å²) >= 11 is 1.40. The molecule has 10 heteroatoms. The van der Waals surface area contributed by atoms with Gasteiger partial charge in [-0.2, -0.15) is 4.31 Å². The molecule has 0 bridgehead atoms. The Morgan fingerprint density at radius 1 is 1.12 bits per heavy atom. The van der Waals surface area contributed by atoms with Crippen molar-refractivity contribution in [3.05, 3.63) is 48.0 Å². The number of morpholine rings is 1. The first-order valence-electron chi connectivity index (χ1n) is 11.6. The van der Waals surface area contributed by atoms with Crippen molar-refractivity contribution in [3.8, 4) is 0 Å². The number of aromatic nitrogens is 2. The van der Waals surface area contributed by atoms with Gasteiger partial charge in [0.25, 0.3) is 0 Å². The van der Waals surface area contributed by atoms with Gasteiger partial charge in [0, 0.05) is 31.9 Å². The molecule has 3 aromatic rings. The maximum Gasteiger partial charge on any atom is 0.243 e. The Bertz CT molecular complexity index is 1320. The van der Waals surface area contributed by atoms with Crippen LogP contribution in [0.3, 0.4) is 0 Å². The monoisotopic (exact) mass is 500 g/mol. The lowest BCUT2D eigenvalue weighted by Gasteiger charge is -2.29. The van der Waals surface area contributed by atoms with Crippen LogP contribution in [0.2, 0.25) is 0 Å². The second kappa shape index (κ2) is 9.69. The minimum Gasteiger partial charge on any atom is -0.379 e. The Hall–Kier alpha value is -2.40. The van der Waals surface area contributed by atoms with Gasteiger partial charge in [0.15, 0.2) is 5.16 Å². The highest BCUT2D eigenvalue weighted by molar-refractivity contribution is 7.99. The fourth-order valence-corrected chi connectivity index (χ4v) is 6.98. The number of sulfonamides is 1. The van der Waals surface area contributed by atoms with Crippen LogP contribution < -0.4 is 4.90 Å². The second-order valence-corrected chi connectivity index (χ2v) is 11.3. The number of rotatable bonds is 6. The number of aryl methyl sites for hydroxylation is 2. The van der Waals surface area contributed by atoms with E-state index in [2.05, 4.69) is 6.07 Å². The maximum absolute atomic E-state index is 13.1. The Balaban J connectivity index is 1.37. The van der Waals surface area contributed by atoms with Crippen LogP contribution in [0.4, 0.5) is 5.69 Å². The number of para-hydroxylation sites is 1. The van der Waals surface area contributed by atoms with Gasteiger partial charge in [0.1, 0.15) is 0 Å². The van der Waals surface area contributed by atoms with Crippen molar-refractivity contribution in [1.82, 2.24) is 13.9 Å². The molecule has 1 saturated heterocycles. The van der Waals surface area contributed by atoms with Crippen LogP contribution in [0.1, 0.15) is 18.9 Å². The molecule has 2 aromatic carbocycles. The van der Waals surface area contributed by atoms with E-state index in [0.29, 0.717) is 38.4 Å². The van der Waals surface area contributed by atoms with Crippen molar-refractivity contribution in [3.63, 3.8) is 0 Å². The van der Waals surface area contributed by atoms with E-state index < -0.39 is 10.0 Å². The molecule has 2 aliphatic heterocycles. The van der Waals surface area contributed by atoms with E-state index in [1.165, 1.54) is 21.6 Å². The van der Waals surface area contributed by atoms with E-state index in [1.54, 1.807) is 12.1 Å². The standard InChI is InChI=1S/C24H28N4O4S2/c1-2-27-22-10-9-19(34(30,31)26-12-14-32-15-13-26)16-20(22)25-24(27)33-17-23(29)28-11-5-7-18-6-3-4-8-21(18)28/h3-4,6,8-10,16H,2,5,7,11-15,17H2,1H3. The van der Waals surface area contributed by atoms with E-state index in [4.69, 9.17) is 9.72 Å². The largest absolute Gasteiger partial charge is 0.379 e. The van der Waals surface area contributed by atoms with Crippen LogP contribution in [-0.4, -0.2) is 66.8 Å². The molecule has 1 aromatic heterocycles. The minimum absolute atomic E-state index is 0.0578. The third-order valence-electron chi connectivity index (χ3n) is 6.34. The van der Waals surface area contributed by atoms with Gasteiger partial charge in [-0.15, -0.1) is 0 Å². The number of hydrogen-bond donors (Lipinski definition) is 0. The molecule has 34 heavy (non-hydrogen) atoms. The summed E-state index contributed by atoms with van der Waals surface area (Å²) in [5.41, 5.74) is 3.69. The number of fused-ring (bicyclic) bond motifs is 2. The lowest BCUT2D eigenvalue weighted by Crippen LogP contribution is -2.40. The lowest BCUT2D eigenvalue weighted by molar-refractivity contribution is -0.116. The van der Waals surface area contributed by atoms with E-state index in [-0.39, 0.29) is 16.6 Å². The molecule has 0 saturated carbocycles. The summed E-state index contributed by atoms with van der Waals surface area (Å²) in [6, 6.07) is 13.2. The van der Waals surface area contributed by atoms with Crippen LogP contribution in [-0.2, 0) is 32.5 Å². The molecule has 1 fully saturated rings. The first-order chi connectivity index (χ1) is 16.5. The van der Waals surface area contributed by atoms with E-state index in [1.807, 2.05) is 40.7 Å². The number of carbonyl (C=O) groups excluding carboxylic acids is 1. The second-order valence-electron chi connectivity index (χ2n) is 8.37. The zero-order valence-electron chi connectivity index (χ0n) is 19.1. The topological polar surface area (TPSA) is 84.7 Å². The quantitative estimate of drug-likeness (QED) is 0.484. The predicted octanol–water partition coefficient (Wildman–Crippen LogP) is 3.15. The summed E-state index contributed by atoms with van der Waals surface area (Å²) < 4.78 is 34.9. The molecule has 8 nitrogen and oxygen atoms in total. The van der Waals surface area contributed by atoms with Crippen molar-refractivity contribution < 1.29 is 17.9 Å². The number of amides is 1. The fourth-order valence-electron chi connectivity index (χ4n) is 4.60. The summed E-state index contributed by atoms with van der Waals surface area (Å²) in [5, 5.41) is 0.720. The number of thioether (sulfide) groups is 1. The number of nitrogens with zero attached hydrogens (tertiary/aromatic N) is 4. The van der Waals surface area contributed by atoms with Crippen molar-refractivity contribution >= 4 is 44.4 Å². The number of carbonyl (C=O) groups is 1. The number of hydrogen-bond acceptors (Lipinski definition) is 6. The molecule has 0 unspecified atom stereocenters. The zero-order chi connectivity index (χ0) is 23.7. The SMILES string of the molecule is CCn1c(SCC(=O)N2CCCc3ccccc32)nc2cc(S(=O)(=O)N3CCOCC3)ccc21. The smallest absolute Gasteiger partial charge is 0.243 e. The molecular formula is C24H28N4O4S2. The summed E-state index contributed by atoms with van der Waals surface area (Å²) in [4.78, 5) is 19.9. The highest BCUT2D eigenvalue weighted by atomic mass is 32.2. The van der Waals surface area contributed by atoms with Crippen molar-refractivity contribution in [2.75, 3.05) is 43.5 Å². The maximum atomic E-state index is 13.1. The molecule has 0 radical (unpaired) electrons. The van der Waals surface area contributed by atoms with Gasteiger partial charge in [-0.05, 0) is 49.6 Å². The predicted molar refractivity (Wildman–Crippen MR) is 133 cm³/mol. The molecule has 5 rings (SSSR count). The minimum atomic E-state index is -3.60. The normalized spacial score (nSPS) is 17.1. The van der Waals surface area contributed by atoms with Gasteiger partial charge < -0.3 is 14.2 Å². The van der Waals surface area contributed by atoms with Gasteiger partial charge in [0.05, 0.1) is 34.9 Å². The van der Waals surface area contributed by atoms with E-state index >= 15 is 0 Å².